The van der Waals surface area contributed by atoms with Gasteiger partial charge in [0.1, 0.15) is 5.60 Å². The van der Waals surface area contributed by atoms with E-state index >= 15 is 0 Å². The fourth-order valence-corrected chi connectivity index (χ4v) is 0.490. The largest absolute Gasteiger partial charge is 0.457 e. The van der Waals surface area contributed by atoms with Crippen molar-refractivity contribution in [1.82, 2.24) is 0 Å². The van der Waals surface area contributed by atoms with Crippen LogP contribution < -0.4 is 0 Å². The van der Waals surface area contributed by atoms with Gasteiger partial charge in [0.25, 0.3) is 0 Å². The molecule has 10 heavy (non-hydrogen) atoms. The lowest BCUT2D eigenvalue weighted by Crippen LogP contribution is -2.22. The average Bonchev–Trinajstić information content (AvgIpc) is 1.59. The second-order valence-electron chi connectivity index (χ2n) is 2.83. The normalized spacial score (nSPS) is 12.0. The van der Waals surface area contributed by atoms with E-state index in [2.05, 4.69) is 0 Å². The predicted octanol–water partition coefficient (Wildman–Crippen LogP) is 2.08. The van der Waals surface area contributed by atoms with Crippen LogP contribution in [0.2, 0.25) is 0 Å². The molecule has 0 heterocycles. The molecule has 0 aromatic rings. The minimum atomic E-state index is -0.437. The van der Waals surface area contributed by atoms with Gasteiger partial charge < -0.3 is 4.74 Å². The van der Waals surface area contributed by atoms with Gasteiger partial charge in [0.2, 0.25) is 0 Å². The number of hydrogen-bond acceptors (Lipinski definition) is 2. The van der Waals surface area contributed by atoms with Gasteiger partial charge in [-0.3, -0.25) is 0 Å². The van der Waals surface area contributed by atoms with Crippen molar-refractivity contribution in [3.05, 3.63) is 11.6 Å². The van der Waals surface area contributed by atoms with E-state index in [0.29, 0.717) is 0 Å². The first-order chi connectivity index (χ1) is 4.45. The lowest BCUT2D eigenvalue weighted by molar-refractivity contribution is -0.148. The Morgan fingerprint density at radius 2 is 2.00 bits per heavy atom. The standard InChI is InChI=1S/C7H11ClO2/c1-7(2,3)10-6(9)4-5-8/h4-5H,1-3H3. The van der Waals surface area contributed by atoms with Crippen LogP contribution in [0.15, 0.2) is 11.6 Å². The van der Waals surface area contributed by atoms with Gasteiger partial charge in [0, 0.05) is 11.6 Å². The molecule has 0 radical (unpaired) electrons. The summed E-state index contributed by atoms with van der Waals surface area (Å²) in [7, 11) is 0. The zero-order valence-electron chi connectivity index (χ0n) is 6.35. The highest BCUT2D eigenvalue weighted by Gasteiger charge is 2.13. The van der Waals surface area contributed by atoms with Gasteiger partial charge in [-0.2, -0.15) is 0 Å². The van der Waals surface area contributed by atoms with Crippen molar-refractivity contribution in [2.45, 2.75) is 26.4 Å². The van der Waals surface area contributed by atoms with Crippen molar-refractivity contribution in [3.63, 3.8) is 0 Å². The maximum Gasteiger partial charge on any atom is 0.332 e. The Morgan fingerprint density at radius 3 is 2.30 bits per heavy atom. The molecular weight excluding hydrogens is 152 g/mol. The van der Waals surface area contributed by atoms with E-state index in [4.69, 9.17) is 16.3 Å². The van der Waals surface area contributed by atoms with E-state index in [1.807, 2.05) is 0 Å². The SMILES string of the molecule is CC(C)(C)OC(=O)C=CCl. The number of esters is 1. The van der Waals surface area contributed by atoms with Crippen LogP contribution in [0.25, 0.3) is 0 Å². The summed E-state index contributed by atoms with van der Waals surface area (Å²) in [5.41, 5.74) is 0.696. The first-order valence-corrected chi connectivity index (χ1v) is 3.39. The molecule has 0 N–H and O–H groups in total. The fraction of sp³-hybridized carbons (Fsp3) is 0.571. The predicted molar refractivity (Wildman–Crippen MR) is 40.8 cm³/mol. The van der Waals surface area contributed by atoms with Crippen LogP contribution in [0.4, 0.5) is 0 Å². The van der Waals surface area contributed by atoms with Crippen LogP contribution in [0.1, 0.15) is 20.8 Å². The summed E-state index contributed by atoms with van der Waals surface area (Å²) in [5, 5.41) is 0. The maximum atomic E-state index is 10.7. The Morgan fingerprint density at radius 1 is 1.50 bits per heavy atom. The fourth-order valence-electron chi connectivity index (χ4n) is 0.387. The molecular formula is C7H11ClO2. The van der Waals surface area contributed by atoms with Crippen molar-refractivity contribution in [2.75, 3.05) is 0 Å². The highest BCUT2D eigenvalue weighted by Crippen LogP contribution is 2.06. The summed E-state index contributed by atoms with van der Waals surface area (Å²) >= 11 is 5.14. The molecule has 0 saturated heterocycles. The maximum absolute atomic E-state index is 10.7. The van der Waals surface area contributed by atoms with E-state index in [0.717, 1.165) is 5.54 Å². The van der Waals surface area contributed by atoms with Gasteiger partial charge in [0.15, 0.2) is 0 Å². The molecule has 0 aliphatic heterocycles. The third kappa shape index (κ3) is 5.63. The van der Waals surface area contributed by atoms with E-state index in [1.165, 1.54) is 6.08 Å². The lowest BCUT2D eigenvalue weighted by atomic mass is 10.2. The lowest BCUT2D eigenvalue weighted by Gasteiger charge is -2.17. The first kappa shape index (κ1) is 9.50. The van der Waals surface area contributed by atoms with Gasteiger partial charge in [-0.1, -0.05) is 11.6 Å². The van der Waals surface area contributed by atoms with Crippen LogP contribution in [0.5, 0.6) is 0 Å². The van der Waals surface area contributed by atoms with Crippen molar-refractivity contribution in [2.24, 2.45) is 0 Å². The number of carbonyl (C=O) groups excluding carboxylic acids is 1. The zero-order chi connectivity index (χ0) is 8.20. The molecule has 3 heteroatoms. The van der Waals surface area contributed by atoms with E-state index in [9.17, 15) is 4.79 Å². The van der Waals surface area contributed by atoms with E-state index in [-0.39, 0.29) is 0 Å². The average molecular weight is 163 g/mol. The monoisotopic (exact) mass is 162 g/mol. The quantitative estimate of drug-likeness (QED) is 0.436. The number of rotatable bonds is 1. The number of carbonyl (C=O) groups is 1. The second kappa shape index (κ2) is 3.62. The van der Waals surface area contributed by atoms with Gasteiger partial charge >= 0.3 is 5.97 Å². The molecule has 0 bridgehead atoms. The van der Waals surface area contributed by atoms with E-state index in [1.54, 1.807) is 20.8 Å². The Bertz CT molecular complexity index is 144. The minimum absolute atomic E-state index is 0.414. The Kier molecular flexibility index (Phi) is 3.43. The van der Waals surface area contributed by atoms with Crippen LogP contribution >= 0.6 is 11.6 Å². The second-order valence-corrected chi connectivity index (χ2v) is 3.08. The topological polar surface area (TPSA) is 26.3 Å². The van der Waals surface area contributed by atoms with Crippen LogP contribution in [-0.4, -0.2) is 11.6 Å². The van der Waals surface area contributed by atoms with Crippen LogP contribution in [0, 0.1) is 0 Å². The first-order valence-electron chi connectivity index (χ1n) is 2.95. The van der Waals surface area contributed by atoms with Crippen LogP contribution in [-0.2, 0) is 9.53 Å². The molecule has 2 nitrogen and oxygen atoms in total. The van der Waals surface area contributed by atoms with Crippen molar-refractivity contribution >= 4 is 17.6 Å². The molecule has 0 aliphatic rings. The van der Waals surface area contributed by atoms with Crippen LogP contribution in [0.3, 0.4) is 0 Å². The summed E-state index contributed by atoms with van der Waals surface area (Å²) in [5.74, 6) is -0.414. The third-order valence-corrected chi connectivity index (χ3v) is 0.732. The molecule has 0 spiro atoms. The molecule has 0 fully saturated rings. The smallest absolute Gasteiger partial charge is 0.332 e. The zero-order valence-corrected chi connectivity index (χ0v) is 7.11. The van der Waals surface area contributed by atoms with Gasteiger partial charge in [-0.25, -0.2) is 4.79 Å². The molecule has 0 atom stereocenters. The number of halogens is 1. The molecule has 0 aromatic carbocycles. The van der Waals surface area contributed by atoms with Gasteiger partial charge in [-0.05, 0) is 20.8 Å². The molecule has 58 valence electrons. The number of hydrogen-bond donors (Lipinski definition) is 0. The summed E-state index contributed by atoms with van der Waals surface area (Å²) in [6, 6.07) is 0. The Labute approximate surface area is 65.8 Å². The molecule has 0 saturated carbocycles. The summed E-state index contributed by atoms with van der Waals surface area (Å²) in [6.45, 7) is 5.40. The molecule has 0 rings (SSSR count). The molecule has 0 aromatic heterocycles. The highest BCUT2D eigenvalue weighted by molar-refractivity contribution is 6.26. The van der Waals surface area contributed by atoms with Gasteiger partial charge in [-0.15, -0.1) is 0 Å². The molecule has 0 amide bonds. The van der Waals surface area contributed by atoms with Crippen molar-refractivity contribution in [1.29, 1.82) is 0 Å². The molecule has 0 aliphatic carbocycles. The van der Waals surface area contributed by atoms with E-state index < -0.39 is 11.6 Å². The Balaban J connectivity index is 3.81. The van der Waals surface area contributed by atoms with Gasteiger partial charge in [0.05, 0.1) is 0 Å². The summed E-state index contributed by atoms with van der Waals surface area (Å²) in [4.78, 5) is 10.7. The van der Waals surface area contributed by atoms with Crippen molar-refractivity contribution < 1.29 is 9.53 Å². The van der Waals surface area contributed by atoms with Crippen molar-refractivity contribution in [3.8, 4) is 0 Å². The minimum Gasteiger partial charge on any atom is -0.457 e. The Hall–Kier alpha value is -0.500. The summed E-state index contributed by atoms with van der Waals surface area (Å²) < 4.78 is 4.87. The third-order valence-electron chi connectivity index (χ3n) is 0.606. The molecule has 0 unspecified atom stereocenters. The summed E-state index contributed by atoms with van der Waals surface area (Å²) in [6.07, 6.45) is 1.17. The number of ether oxygens (including phenoxy) is 1. The highest BCUT2D eigenvalue weighted by atomic mass is 35.5.